The van der Waals surface area contributed by atoms with E-state index in [4.69, 9.17) is 4.98 Å². The summed E-state index contributed by atoms with van der Waals surface area (Å²) in [5, 5.41) is 3.46. The van der Waals surface area contributed by atoms with Gasteiger partial charge in [-0.2, -0.15) is 0 Å². The van der Waals surface area contributed by atoms with Gasteiger partial charge in [0.25, 0.3) is 5.56 Å². The summed E-state index contributed by atoms with van der Waals surface area (Å²) in [6.07, 6.45) is 0. The molecule has 3 aromatic heterocycles. The predicted molar refractivity (Wildman–Crippen MR) is 126 cm³/mol. The molecule has 0 unspecified atom stereocenters. The fourth-order valence-electron chi connectivity index (χ4n) is 3.69. The van der Waals surface area contributed by atoms with Crippen molar-refractivity contribution in [3.63, 3.8) is 0 Å². The van der Waals surface area contributed by atoms with Crippen LogP contribution in [0.15, 0.2) is 27.5 Å². The van der Waals surface area contributed by atoms with E-state index in [9.17, 15) is 9.59 Å². The van der Waals surface area contributed by atoms with Crippen molar-refractivity contribution in [2.24, 2.45) is 0 Å². The van der Waals surface area contributed by atoms with E-state index in [1.165, 1.54) is 16.6 Å². The Morgan fingerprint density at radius 3 is 2.67 bits per heavy atom. The third kappa shape index (κ3) is 4.34. The molecule has 4 heterocycles. The number of hydrogen-bond donors (Lipinski definition) is 0. The van der Waals surface area contributed by atoms with E-state index < -0.39 is 0 Å². The summed E-state index contributed by atoms with van der Waals surface area (Å²) in [6.45, 7) is 10.7. The van der Waals surface area contributed by atoms with Crippen molar-refractivity contribution >= 4 is 50.6 Å². The monoisotopic (exact) mass is 462 g/mol. The number of hydrogen-bond acceptors (Lipinski definition) is 7. The molecule has 3 aromatic rings. The quantitative estimate of drug-likeness (QED) is 0.414. The second-order valence-electron chi connectivity index (χ2n) is 7.43. The molecule has 30 heavy (non-hydrogen) atoms. The molecular formula is C21H26N4O2S3. The third-order valence-corrected chi connectivity index (χ3v) is 8.50. The van der Waals surface area contributed by atoms with Crippen molar-refractivity contribution in [2.45, 2.75) is 39.0 Å². The Bertz CT molecular complexity index is 1100. The maximum Gasteiger partial charge on any atom is 0.263 e. The van der Waals surface area contributed by atoms with Gasteiger partial charge >= 0.3 is 0 Å². The van der Waals surface area contributed by atoms with Gasteiger partial charge in [0.15, 0.2) is 5.16 Å². The molecule has 0 spiro atoms. The van der Waals surface area contributed by atoms with Crippen LogP contribution in [0.5, 0.6) is 0 Å². The van der Waals surface area contributed by atoms with E-state index in [-0.39, 0.29) is 11.5 Å². The fourth-order valence-corrected chi connectivity index (χ4v) is 6.48. The van der Waals surface area contributed by atoms with Crippen LogP contribution in [-0.4, -0.2) is 57.2 Å². The van der Waals surface area contributed by atoms with Crippen LogP contribution < -0.4 is 5.56 Å². The summed E-state index contributed by atoms with van der Waals surface area (Å²) in [7, 11) is 0. The number of thioether (sulfide) groups is 1. The normalized spacial score (nSPS) is 15.2. The highest BCUT2D eigenvalue weighted by atomic mass is 32.2. The highest BCUT2D eigenvalue weighted by Gasteiger charge is 2.23. The Morgan fingerprint density at radius 2 is 2.00 bits per heavy atom. The fraction of sp³-hybridized carbons (Fsp3) is 0.476. The number of piperazine rings is 1. The highest BCUT2D eigenvalue weighted by molar-refractivity contribution is 7.99. The minimum Gasteiger partial charge on any atom is -0.339 e. The summed E-state index contributed by atoms with van der Waals surface area (Å²) in [6, 6.07) is 4.24. The number of fused-ring (bicyclic) bond motifs is 1. The number of amides is 1. The SMILES string of the molecule is CCn1c(SCC(=O)N2CCN(Cc3cccs3)CC2)nc2sc(C)c(C)c2c1=O. The molecule has 160 valence electrons. The minimum absolute atomic E-state index is 0.00138. The van der Waals surface area contributed by atoms with E-state index >= 15 is 0 Å². The minimum atomic E-state index is 0.00138. The van der Waals surface area contributed by atoms with Crippen LogP contribution in [0.3, 0.4) is 0 Å². The molecule has 0 atom stereocenters. The average Bonchev–Trinajstić information content (AvgIpc) is 3.34. The van der Waals surface area contributed by atoms with E-state index in [1.54, 1.807) is 27.2 Å². The molecule has 0 bridgehead atoms. The van der Waals surface area contributed by atoms with Crippen LogP contribution in [0.1, 0.15) is 22.2 Å². The van der Waals surface area contributed by atoms with Crippen molar-refractivity contribution in [2.75, 3.05) is 31.9 Å². The Morgan fingerprint density at radius 1 is 1.23 bits per heavy atom. The Labute approximate surface area is 188 Å². The smallest absolute Gasteiger partial charge is 0.263 e. The van der Waals surface area contributed by atoms with Gasteiger partial charge in [-0.15, -0.1) is 22.7 Å². The molecule has 1 amide bonds. The van der Waals surface area contributed by atoms with Crippen LogP contribution >= 0.6 is 34.4 Å². The van der Waals surface area contributed by atoms with E-state index in [1.807, 2.05) is 25.7 Å². The van der Waals surface area contributed by atoms with Gasteiger partial charge in [-0.3, -0.25) is 19.1 Å². The molecule has 1 saturated heterocycles. The third-order valence-electron chi connectivity index (χ3n) is 5.58. The lowest BCUT2D eigenvalue weighted by molar-refractivity contribution is -0.130. The first-order valence-electron chi connectivity index (χ1n) is 10.1. The zero-order valence-corrected chi connectivity index (χ0v) is 20.0. The topological polar surface area (TPSA) is 58.4 Å². The molecule has 0 saturated carbocycles. The molecule has 1 fully saturated rings. The maximum absolute atomic E-state index is 12.9. The van der Waals surface area contributed by atoms with Crippen molar-refractivity contribution in [1.29, 1.82) is 0 Å². The van der Waals surface area contributed by atoms with Crippen molar-refractivity contribution in [1.82, 2.24) is 19.4 Å². The number of thiophene rings is 2. The number of nitrogens with zero attached hydrogens (tertiary/aromatic N) is 4. The average molecular weight is 463 g/mol. The molecule has 0 aliphatic carbocycles. The van der Waals surface area contributed by atoms with Gasteiger partial charge in [0.05, 0.1) is 11.1 Å². The van der Waals surface area contributed by atoms with Crippen molar-refractivity contribution in [3.8, 4) is 0 Å². The summed E-state index contributed by atoms with van der Waals surface area (Å²) in [5.41, 5.74) is 1.02. The van der Waals surface area contributed by atoms with Gasteiger partial charge in [0.2, 0.25) is 5.91 Å². The molecule has 4 rings (SSSR count). The van der Waals surface area contributed by atoms with E-state index in [2.05, 4.69) is 22.4 Å². The summed E-state index contributed by atoms with van der Waals surface area (Å²) in [5.74, 6) is 0.429. The lowest BCUT2D eigenvalue weighted by atomic mass is 10.2. The summed E-state index contributed by atoms with van der Waals surface area (Å²) < 4.78 is 1.69. The van der Waals surface area contributed by atoms with Crippen molar-refractivity contribution in [3.05, 3.63) is 43.2 Å². The largest absolute Gasteiger partial charge is 0.339 e. The molecule has 9 heteroatoms. The first-order valence-corrected chi connectivity index (χ1v) is 12.8. The van der Waals surface area contributed by atoms with Gasteiger partial charge in [0, 0.05) is 49.0 Å². The van der Waals surface area contributed by atoms with Crippen LogP contribution in [-0.2, 0) is 17.9 Å². The molecule has 6 nitrogen and oxygen atoms in total. The summed E-state index contributed by atoms with van der Waals surface area (Å²) >= 11 is 4.71. The predicted octanol–water partition coefficient (Wildman–Crippen LogP) is 3.59. The van der Waals surface area contributed by atoms with Gasteiger partial charge in [-0.1, -0.05) is 17.8 Å². The second kappa shape index (κ2) is 9.21. The molecule has 0 aromatic carbocycles. The van der Waals surface area contributed by atoms with Gasteiger partial charge < -0.3 is 4.90 Å². The number of aromatic nitrogens is 2. The van der Waals surface area contributed by atoms with E-state index in [0.29, 0.717) is 17.5 Å². The molecular weight excluding hydrogens is 436 g/mol. The first-order chi connectivity index (χ1) is 14.5. The Kier molecular flexibility index (Phi) is 6.62. The maximum atomic E-state index is 12.9. The Balaban J connectivity index is 1.39. The van der Waals surface area contributed by atoms with Crippen LogP contribution in [0.2, 0.25) is 0 Å². The zero-order valence-electron chi connectivity index (χ0n) is 17.5. The summed E-state index contributed by atoms with van der Waals surface area (Å²) in [4.78, 5) is 38.0. The molecule has 0 radical (unpaired) electrons. The number of carbonyl (C=O) groups excluding carboxylic acids is 1. The Hall–Kier alpha value is -1.68. The van der Waals surface area contributed by atoms with Crippen molar-refractivity contribution < 1.29 is 4.79 Å². The highest BCUT2D eigenvalue weighted by Crippen LogP contribution is 2.28. The molecule has 1 aliphatic rings. The van der Waals surface area contributed by atoms with Crippen LogP contribution in [0.25, 0.3) is 10.2 Å². The lowest BCUT2D eigenvalue weighted by Gasteiger charge is -2.34. The van der Waals surface area contributed by atoms with Crippen LogP contribution in [0, 0.1) is 13.8 Å². The lowest BCUT2D eigenvalue weighted by Crippen LogP contribution is -2.48. The molecule has 0 N–H and O–H groups in total. The second-order valence-corrected chi connectivity index (χ2v) is 10.6. The zero-order chi connectivity index (χ0) is 21.3. The number of aryl methyl sites for hydroxylation is 2. The first kappa shape index (κ1) is 21.5. The standard InChI is InChI=1S/C21H26N4O2S3/c1-4-25-20(27)18-14(2)15(3)30-19(18)22-21(25)29-13-17(26)24-9-7-23(8-10-24)12-16-6-5-11-28-16/h5-6,11H,4,7-10,12-13H2,1-3H3. The van der Waals surface area contributed by atoms with Gasteiger partial charge in [-0.25, -0.2) is 4.98 Å². The van der Waals surface area contributed by atoms with E-state index in [0.717, 1.165) is 53.4 Å². The molecule has 1 aliphatic heterocycles. The number of rotatable bonds is 6. The number of carbonyl (C=O) groups is 1. The van der Waals surface area contributed by atoms with Crippen LogP contribution in [0.4, 0.5) is 0 Å². The van der Waals surface area contributed by atoms with Gasteiger partial charge in [-0.05, 0) is 37.8 Å². The van der Waals surface area contributed by atoms with Gasteiger partial charge in [0.1, 0.15) is 4.83 Å².